The number of aryl methyl sites for hydroxylation is 1. The number of carbonyl (C=O) groups excluding carboxylic acids is 1. The van der Waals surface area contributed by atoms with Crippen LogP contribution in [0.25, 0.3) is 11.0 Å². The minimum absolute atomic E-state index is 0.00285. The van der Waals surface area contributed by atoms with Gasteiger partial charge in [-0.2, -0.15) is 0 Å². The molecule has 3 rings (SSSR count). The Morgan fingerprint density at radius 1 is 1.12 bits per heavy atom. The van der Waals surface area contributed by atoms with Crippen LogP contribution in [0.3, 0.4) is 0 Å². The van der Waals surface area contributed by atoms with Gasteiger partial charge >= 0.3 is 5.97 Å². The van der Waals surface area contributed by atoms with Crippen molar-refractivity contribution in [2.75, 3.05) is 0 Å². The first-order chi connectivity index (χ1) is 11.6. The van der Waals surface area contributed by atoms with E-state index in [0.717, 1.165) is 0 Å². The Kier molecular flexibility index (Phi) is 4.65. The Bertz CT molecular complexity index is 937. The van der Waals surface area contributed by atoms with Crippen LogP contribution in [0.15, 0.2) is 53.3 Å². The average Bonchev–Trinajstić information content (AvgIpc) is 2.59. The van der Waals surface area contributed by atoms with Crippen molar-refractivity contribution in [3.63, 3.8) is 0 Å². The van der Waals surface area contributed by atoms with Gasteiger partial charge in [0, 0.05) is 12.0 Å². The van der Waals surface area contributed by atoms with E-state index in [4.69, 9.17) is 4.74 Å². The van der Waals surface area contributed by atoms with E-state index in [0.29, 0.717) is 16.6 Å². The second-order valence-corrected chi connectivity index (χ2v) is 5.28. The van der Waals surface area contributed by atoms with Gasteiger partial charge in [0.25, 0.3) is 5.56 Å². The summed E-state index contributed by atoms with van der Waals surface area (Å²) in [5.41, 5.74) is 1.57. The number of fused-ring (bicyclic) bond motifs is 1. The number of hydrogen-bond donors (Lipinski definition) is 1. The van der Waals surface area contributed by atoms with Crippen LogP contribution in [0.5, 0.6) is 0 Å². The molecular formula is C18H15FN2O3. The number of nitrogens with zero attached hydrogens (tertiary/aromatic N) is 1. The van der Waals surface area contributed by atoms with E-state index in [1.54, 1.807) is 36.4 Å². The molecule has 1 heterocycles. The molecule has 0 aliphatic heterocycles. The fraction of sp³-hybridized carbons (Fsp3) is 0.167. The van der Waals surface area contributed by atoms with Crippen molar-refractivity contribution in [3.8, 4) is 0 Å². The van der Waals surface area contributed by atoms with Crippen molar-refractivity contribution in [1.82, 2.24) is 9.97 Å². The molecule has 3 aromatic rings. The molecular weight excluding hydrogens is 311 g/mol. The number of esters is 1. The summed E-state index contributed by atoms with van der Waals surface area (Å²) in [6.07, 6.45) is 0.166. The van der Waals surface area contributed by atoms with Crippen molar-refractivity contribution in [2.24, 2.45) is 0 Å². The molecule has 0 amide bonds. The molecule has 24 heavy (non-hydrogen) atoms. The van der Waals surface area contributed by atoms with Gasteiger partial charge in [-0.1, -0.05) is 30.3 Å². The lowest BCUT2D eigenvalue weighted by Gasteiger charge is -2.06. The maximum Gasteiger partial charge on any atom is 0.306 e. The van der Waals surface area contributed by atoms with E-state index in [9.17, 15) is 14.0 Å². The lowest BCUT2D eigenvalue weighted by molar-refractivity contribution is -0.145. The fourth-order valence-electron chi connectivity index (χ4n) is 2.30. The quantitative estimate of drug-likeness (QED) is 0.732. The van der Waals surface area contributed by atoms with Gasteiger partial charge in [0.2, 0.25) is 0 Å². The third-order valence-electron chi connectivity index (χ3n) is 3.58. The van der Waals surface area contributed by atoms with Crippen LogP contribution in [-0.4, -0.2) is 15.9 Å². The second kappa shape index (κ2) is 7.04. The molecule has 0 fully saturated rings. The monoisotopic (exact) mass is 326 g/mol. The number of hydrogen-bond acceptors (Lipinski definition) is 4. The van der Waals surface area contributed by atoms with Gasteiger partial charge in [-0.3, -0.25) is 9.59 Å². The summed E-state index contributed by atoms with van der Waals surface area (Å²) in [6.45, 7) is -0.132. The Labute approximate surface area is 137 Å². The number of carbonyl (C=O) groups is 1. The molecule has 2 aromatic carbocycles. The van der Waals surface area contributed by atoms with Crippen molar-refractivity contribution in [2.45, 2.75) is 19.4 Å². The van der Waals surface area contributed by atoms with Crippen LogP contribution in [0, 0.1) is 5.82 Å². The van der Waals surface area contributed by atoms with E-state index in [-0.39, 0.29) is 30.7 Å². The molecule has 0 radical (unpaired) electrons. The summed E-state index contributed by atoms with van der Waals surface area (Å²) in [5, 5.41) is 0. The summed E-state index contributed by atoms with van der Waals surface area (Å²) in [5.74, 6) is -0.925. The number of para-hydroxylation sites is 2. The SMILES string of the molecule is O=C(CCc1nc2ccccc2[nH]c1=O)OCc1ccccc1F. The number of rotatable bonds is 5. The first-order valence-corrected chi connectivity index (χ1v) is 7.50. The normalized spacial score (nSPS) is 10.7. The zero-order valence-corrected chi connectivity index (χ0v) is 12.8. The zero-order chi connectivity index (χ0) is 16.9. The molecule has 0 atom stereocenters. The van der Waals surface area contributed by atoms with E-state index < -0.39 is 11.8 Å². The van der Waals surface area contributed by atoms with Crippen LogP contribution in [0.1, 0.15) is 17.7 Å². The van der Waals surface area contributed by atoms with Gasteiger partial charge in [-0.25, -0.2) is 9.37 Å². The Morgan fingerprint density at radius 3 is 2.71 bits per heavy atom. The number of aromatic nitrogens is 2. The minimum atomic E-state index is -0.507. The van der Waals surface area contributed by atoms with Crippen molar-refractivity contribution in [3.05, 3.63) is 76.0 Å². The topological polar surface area (TPSA) is 72.0 Å². The number of H-pyrrole nitrogens is 1. The molecule has 0 spiro atoms. The van der Waals surface area contributed by atoms with Crippen LogP contribution in [0.4, 0.5) is 4.39 Å². The van der Waals surface area contributed by atoms with Crippen LogP contribution in [-0.2, 0) is 22.6 Å². The van der Waals surface area contributed by atoms with Gasteiger partial charge in [-0.15, -0.1) is 0 Å². The molecule has 6 heteroatoms. The van der Waals surface area contributed by atoms with E-state index >= 15 is 0 Å². The average molecular weight is 326 g/mol. The highest BCUT2D eigenvalue weighted by Crippen LogP contribution is 2.09. The molecule has 0 unspecified atom stereocenters. The third kappa shape index (κ3) is 3.65. The Hall–Kier alpha value is -3.02. The number of nitrogens with one attached hydrogen (secondary N) is 1. The largest absolute Gasteiger partial charge is 0.461 e. The predicted octanol–water partition coefficient (Wildman–Crippen LogP) is 2.74. The molecule has 0 aliphatic carbocycles. The van der Waals surface area contributed by atoms with Gasteiger partial charge < -0.3 is 9.72 Å². The number of ether oxygens (including phenoxy) is 1. The van der Waals surface area contributed by atoms with Crippen molar-refractivity contribution in [1.29, 1.82) is 0 Å². The van der Waals surface area contributed by atoms with Gasteiger partial charge in [0.1, 0.15) is 18.1 Å². The summed E-state index contributed by atoms with van der Waals surface area (Å²) in [4.78, 5) is 30.7. The number of benzene rings is 2. The standard InChI is InChI=1S/C18H15FN2O3/c19-13-6-2-1-5-12(13)11-24-17(22)10-9-16-18(23)21-15-8-4-3-7-14(15)20-16/h1-8H,9-11H2,(H,21,23). The summed E-state index contributed by atoms with van der Waals surface area (Å²) < 4.78 is 18.5. The molecule has 0 saturated carbocycles. The van der Waals surface area contributed by atoms with Crippen molar-refractivity contribution < 1.29 is 13.9 Å². The van der Waals surface area contributed by atoms with Crippen LogP contribution in [0.2, 0.25) is 0 Å². The zero-order valence-electron chi connectivity index (χ0n) is 12.8. The molecule has 1 N–H and O–H groups in total. The highest BCUT2D eigenvalue weighted by atomic mass is 19.1. The highest BCUT2D eigenvalue weighted by molar-refractivity contribution is 5.74. The lowest BCUT2D eigenvalue weighted by atomic mass is 10.2. The predicted molar refractivity (Wildman–Crippen MR) is 86.9 cm³/mol. The van der Waals surface area contributed by atoms with E-state index in [1.165, 1.54) is 6.07 Å². The minimum Gasteiger partial charge on any atom is -0.461 e. The summed E-state index contributed by atoms with van der Waals surface area (Å²) in [6, 6.07) is 13.3. The fourth-order valence-corrected chi connectivity index (χ4v) is 2.30. The summed E-state index contributed by atoms with van der Waals surface area (Å²) in [7, 11) is 0. The highest BCUT2D eigenvalue weighted by Gasteiger charge is 2.10. The molecule has 5 nitrogen and oxygen atoms in total. The molecule has 0 aliphatic rings. The molecule has 122 valence electrons. The van der Waals surface area contributed by atoms with E-state index in [1.807, 2.05) is 6.07 Å². The first kappa shape index (κ1) is 15.9. The van der Waals surface area contributed by atoms with Gasteiger partial charge in [0.15, 0.2) is 0 Å². The first-order valence-electron chi connectivity index (χ1n) is 7.50. The van der Waals surface area contributed by atoms with Crippen molar-refractivity contribution >= 4 is 17.0 Å². The Morgan fingerprint density at radius 2 is 1.88 bits per heavy atom. The smallest absolute Gasteiger partial charge is 0.306 e. The Balaban J connectivity index is 1.61. The number of aromatic amines is 1. The lowest BCUT2D eigenvalue weighted by Crippen LogP contribution is -2.17. The summed E-state index contributed by atoms with van der Waals surface area (Å²) >= 11 is 0. The van der Waals surface area contributed by atoms with Gasteiger partial charge in [-0.05, 0) is 18.2 Å². The van der Waals surface area contributed by atoms with Crippen LogP contribution >= 0.6 is 0 Å². The van der Waals surface area contributed by atoms with Gasteiger partial charge in [0.05, 0.1) is 17.5 Å². The molecule has 0 saturated heterocycles. The maximum atomic E-state index is 13.4. The second-order valence-electron chi connectivity index (χ2n) is 5.28. The maximum absolute atomic E-state index is 13.4. The molecule has 0 bridgehead atoms. The van der Waals surface area contributed by atoms with E-state index in [2.05, 4.69) is 9.97 Å². The number of halogens is 1. The third-order valence-corrected chi connectivity index (χ3v) is 3.58. The van der Waals surface area contributed by atoms with Crippen LogP contribution < -0.4 is 5.56 Å². The molecule has 1 aromatic heterocycles.